The van der Waals surface area contributed by atoms with E-state index in [4.69, 9.17) is 4.52 Å². The highest BCUT2D eigenvalue weighted by Crippen LogP contribution is 2.31. The number of benzene rings is 1. The van der Waals surface area contributed by atoms with Crippen molar-refractivity contribution in [2.24, 2.45) is 0 Å². The maximum absolute atomic E-state index is 13.2. The fourth-order valence-electron chi connectivity index (χ4n) is 3.58. The van der Waals surface area contributed by atoms with Crippen LogP contribution in [0.2, 0.25) is 0 Å². The lowest BCUT2D eigenvalue weighted by Crippen LogP contribution is -2.44. The van der Waals surface area contributed by atoms with Gasteiger partial charge in [-0.2, -0.15) is 4.31 Å². The maximum atomic E-state index is 13.2. The van der Waals surface area contributed by atoms with E-state index in [1.165, 1.54) is 0 Å². The lowest BCUT2D eigenvalue weighted by Gasteiger charge is -2.34. The molecule has 1 fully saturated rings. The zero-order chi connectivity index (χ0) is 18.0. The van der Waals surface area contributed by atoms with Crippen molar-refractivity contribution in [2.75, 3.05) is 6.54 Å². The maximum Gasteiger partial charge on any atom is 0.248 e. The second kappa shape index (κ2) is 7.17. The Balaban J connectivity index is 1.81. The molecule has 1 aliphatic heterocycles. The van der Waals surface area contributed by atoms with Gasteiger partial charge in [0.25, 0.3) is 0 Å². The number of aryl methyl sites for hydroxylation is 3. The topological polar surface area (TPSA) is 83.6 Å². The van der Waals surface area contributed by atoms with Crippen LogP contribution >= 0.6 is 0 Å². The second-order valence-corrected chi connectivity index (χ2v) is 8.45. The third kappa shape index (κ3) is 3.72. The van der Waals surface area contributed by atoms with Crippen molar-refractivity contribution in [1.82, 2.24) is 9.46 Å². The third-order valence-electron chi connectivity index (χ3n) is 4.78. The highest BCUT2D eigenvalue weighted by atomic mass is 32.2. The predicted octanol–water partition coefficient (Wildman–Crippen LogP) is 3.17. The molecule has 2 heterocycles. The molecule has 0 unspecified atom stereocenters. The Bertz CT molecular complexity index is 825. The van der Waals surface area contributed by atoms with Gasteiger partial charge in [0.15, 0.2) is 5.76 Å². The zero-order valence-corrected chi connectivity index (χ0v) is 15.4. The lowest BCUT2D eigenvalue weighted by molar-refractivity contribution is 0.240. The van der Waals surface area contributed by atoms with E-state index in [0.717, 1.165) is 37.7 Å². The first kappa shape index (κ1) is 17.9. The Labute approximate surface area is 148 Å². The molecule has 6 nitrogen and oxygen atoms in total. The van der Waals surface area contributed by atoms with E-state index >= 15 is 0 Å². The number of sulfonamides is 1. The SMILES string of the molecule is Cc1noc(C)c1S(=O)(=O)N1CCCC[C@H]1CCc1cccc(O)c1. The zero-order valence-electron chi connectivity index (χ0n) is 14.6. The van der Waals surface area contributed by atoms with Gasteiger partial charge in [0.05, 0.1) is 0 Å². The summed E-state index contributed by atoms with van der Waals surface area (Å²) in [6.45, 7) is 3.82. The molecule has 1 aromatic heterocycles. The summed E-state index contributed by atoms with van der Waals surface area (Å²) < 4.78 is 33.0. The number of hydrogen-bond donors (Lipinski definition) is 1. The van der Waals surface area contributed by atoms with Crippen LogP contribution < -0.4 is 0 Å². The van der Waals surface area contributed by atoms with Crippen molar-refractivity contribution < 1.29 is 18.0 Å². The van der Waals surface area contributed by atoms with Crippen molar-refractivity contribution in [1.29, 1.82) is 0 Å². The van der Waals surface area contributed by atoms with Crippen molar-refractivity contribution >= 4 is 10.0 Å². The van der Waals surface area contributed by atoms with Crippen LogP contribution in [-0.4, -0.2) is 35.6 Å². The lowest BCUT2D eigenvalue weighted by atomic mass is 9.98. The second-order valence-electron chi connectivity index (χ2n) is 6.63. The van der Waals surface area contributed by atoms with Crippen LogP contribution in [0.5, 0.6) is 5.75 Å². The Morgan fingerprint density at radius 3 is 2.80 bits per heavy atom. The van der Waals surface area contributed by atoms with Crippen LogP contribution in [0.25, 0.3) is 0 Å². The summed E-state index contributed by atoms with van der Waals surface area (Å²) in [5.74, 6) is 0.580. The molecule has 2 aromatic rings. The summed E-state index contributed by atoms with van der Waals surface area (Å²) in [6.07, 6.45) is 4.20. The molecule has 1 aromatic carbocycles. The molecule has 25 heavy (non-hydrogen) atoms. The molecule has 0 amide bonds. The highest BCUT2D eigenvalue weighted by molar-refractivity contribution is 7.89. The molecule has 1 saturated heterocycles. The van der Waals surface area contributed by atoms with Gasteiger partial charge in [0.1, 0.15) is 16.3 Å². The molecule has 7 heteroatoms. The molecule has 1 N–H and O–H groups in total. The third-order valence-corrected chi connectivity index (χ3v) is 6.98. The first-order valence-corrected chi connectivity index (χ1v) is 10.1. The number of rotatable bonds is 5. The van der Waals surface area contributed by atoms with Gasteiger partial charge in [-0.3, -0.25) is 0 Å². The quantitative estimate of drug-likeness (QED) is 0.881. The normalized spacial score (nSPS) is 19.2. The monoisotopic (exact) mass is 364 g/mol. The van der Waals surface area contributed by atoms with E-state index in [9.17, 15) is 13.5 Å². The van der Waals surface area contributed by atoms with Gasteiger partial charge in [-0.1, -0.05) is 23.7 Å². The van der Waals surface area contributed by atoms with Gasteiger partial charge < -0.3 is 9.63 Å². The van der Waals surface area contributed by atoms with E-state index in [-0.39, 0.29) is 16.7 Å². The van der Waals surface area contributed by atoms with Crippen molar-refractivity contribution in [3.05, 3.63) is 41.3 Å². The van der Waals surface area contributed by atoms with Crippen LogP contribution in [0.3, 0.4) is 0 Å². The minimum absolute atomic E-state index is 0.0465. The average Bonchev–Trinajstić information content (AvgIpc) is 2.92. The molecule has 0 bridgehead atoms. The first-order chi connectivity index (χ1) is 11.9. The average molecular weight is 364 g/mol. The minimum Gasteiger partial charge on any atom is -0.508 e. The fraction of sp³-hybridized carbons (Fsp3) is 0.500. The number of phenols is 1. The van der Waals surface area contributed by atoms with Gasteiger partial charge in [-0.25, -0.2) is 8.42 Å². The van der Waals surface area contributed by atoms with E-state index in [0.29, 0.717) is 18.0 Å². The van der Waals surface area contributed by atoms with Crippen LogP contribution in [0.15, 0.2) is 33.7 Å². The standard InChI is InChI=1S/C18H24N2O4S/c1-13-18(14(2)24-19-13)25(22,23)20-11-4-3-7-16(20)10-9-15-6-5-8-17(21)12-15/h5-6,8,12,16,21H,3-4,7,9-11H2,1-2H3/t16-/m0/s1. The minimum atomic E-state index is -3.61. The van der Waals surface area contributed by atoms with Crippen LogP contribution in [0.4, 0.5) is 0 Å². The van der Waals surface area contributed by atoms with Crippen LogP contribution in [0, 0.1) is 13.8 Å². The summed E-state index contributed by atoms with van der Waals surface area (Å²) in [4.78, 5) is 0.205. The molecule has 3 rings (SSSR count). The number of nitrogens with zero attached hydrogens (tertiary/aromatic N) is 2. The first-order valence-electron chi connectivity index (χ1n) is 8.62. The molecule has 136 valence electrons. The Kier molecular flexibility index (Phi) is 5.15. The van der Waals surface area contributed by atoms with Crippen molar-refractivity contribution in [2.45, 2.75) is 56.9 Å². The van der Waals surface area contributed by atoms with Gasteiger partial charge in [-0.05, 0) is 57.2 Å². The molecule has 0 radical (unpaired) electrons. The molecule has 0 aliphatic carbocycles. The highest BCUT2D eigenvalue weighted by Gasteiger charge is 2.36. The number of aromatic nitrogens is 1. The summed E-state index contributed by atoms with van der Waals surface area (Å²) in [5, 5.41) is 13.4. The molecule has 1 atom stereocenters. The summed E-state index contributed by atoms with van der Waals surface area (Å²) >= 11 is 0. The largest absolute Gasteiger partial charge is 0.508 e. The number of hydrogen-bond acceptors (Lipinski definition) is 5. The smallest absolute Gasteiger partial charge is 0.248 e. The predicted molar refractivity (Wildman–Crippen MR) is 93.9 cm³/mol. The van der Waals surface area contributed by atoms with E-state index in [1.807, 2.05) is 12.1 Å². The van der Waals surface area contributed by atoms with Gasteiger partial charge in [0, 0.05) is 12.6 Å². The molecular weight excluding hydrogens is 340 g/mol. The van der Waals surface area contributed by atoms with Gasteiger partial charge in [0.2, 0.25) is 10.0 Å². The molecule has 0 spiro atoms. The van der Waals surface area contributed by atoms with Crippen LogP contribution in [0.1, 0.15) is 42.7 Å². The van der Waals surface area contributed by atoms with Crippen LogP contribution in [-0.2, 0) is 16.4 Å². The number of aromatic hydroxyl groups is 1. The van der Waals surface area contributed by atoms with Crippen molar-refractivity contribution in [3.63, 3.8) is 0 Å². The van der Waals surface area contributed by atoms with Gasteiger partial charge >= 0.3 is 0 Å². The summed E-state index contributed by atoms with van der Waals surface area (Å²) in [7, 11) is -3.61. The Hall–Kier alpha value is -1.86. The fourth-order valence-corrected chi connectivity index (χ4v) is 5.60. The molecule has 0 saturated carbocycles. The molecular formula is C18H24N2O4S. The molecule has 1 aliphatic rings. The Morgan fingerprint density at radius 2 is 2.12 bits per heavy atom. The van der Waals surface area contributed by atoms with Crippen molar-refractivity contribution in [3.8, 4) is 5.75 Å². The number of piperidine rings is 1. The summed E-state index contributed by atoms with van der Waals surface area (Å²) in [5.41, 5.74) is 1.43. The van der Waals surface area contributed by atoms with E-state index in [1.54, 1.807) is 30.3 Å². The van der Waals surface area contributed by atoms with E-state index in [2.05, 4.69) is 5.16 Å². The van der Waals surface area contributed by atoms with Gasteiger partial charge in [-0.15, -0.1) is 0 Å². The summed E-state index contributed by atoms with van der Waals surface area (Å²) in [6, 6.07) is 7.09. The number of phenolic OH excluding ortho intramolecular Hbond substituents is 1. The Morgan fingerprint density at radius 1 is 1.32 bits per heavy atom. The van der Waals surface area contributed by atoms with E-state index < -0.39 is 10.0 Å².